The summed E-state index contributed by atoms with van der Waals surface area (Å²) in [4.78, 5) is 24.0. The van der Waals surface area contributed by atoms with Gasteiger partial charge in [0, 0.05) is 18.3 Å². The molecule has 0 bridgehead atoms. The summed E-state index contributed by atoms with van der Waals surface area (Å²) < 4.78 is 7.36. The van der Waals surface area contributed by atoms with Crippen molar-refractivity contribution in [3.8, 4) is 5.75 Å². The van der Waals surface area contributed by atoms with Gasteiger partial charge in [0.25, 0.3) is 0 Å². The molecule has 160 valence electrons. The van der Waals surface area contributed by atoms with Gasteiger partial charge in [-0.2, -0.15) is 0 Å². The van der Waals surface area contributed by atoms with E-state index in [1.165, 1.54) is 12.5 Å². The zero-order chi connectivity index (χ0) is 22.4. The lowest BCUT2D eigenvalue weighted by Crippen LogP contribution is -2.22. The normalized spacial score (nSPS) is 12.1. The van der Waals surface area contributed by atoms with E-state index in [0.717, 1.165) is 17.5 Å². The number of nitrogens with zero attached hydrogens (tertiary/aromatic N) is 1. The van der Waals surface area contributed by atoms with Crippen LogP contribution in [0.3, 0.4) is 0 Å². The number of hydrogen-bond donors (Lipinski definition) is 1. The van der Waals surface area contributed by atoms with Gasteiger partial charge >= 0.3 is 5.97 Å². The van der Waals surface area contributed by atoms with E-state index in [-0.39, 0.29) is 5.78 Å². The van der Waals surface area contributed by atoms with Crippen molar-refractivity contribution in [1.29, 1.82) is 0 Å². The Hall–Kier alpha value is -3.60. The molecule has 0 fully saturated rings. The molecule has 0 amide bonds. The van der Waals surface area contributed by atoms with E-state index in [2.05, 4.69) is 6.92 Å². The molecule has 31 heavy (non-hydrogen) atoms. The van der Waals surface area contributed by atoms with Crippen LogP contribution >= 0.6 is 0 Å². The van der Waals surface area contributed by atoms with Gasteiger partial charge in [-0.25, -0.2) is 4.79 Å². The van der Waals surface area contributed by atoms with E-state index in [9.17, 15) is 9.59 Å². The van der Waals surface area contributed by atoms with Crippen LogP contribution < -0.4 is 4.74 Å². The van der Waals surface area contributed by atoms with Gasteiger partial charge in [-0.15, -0.1) is 0 Å². The Labute approximate surface area is 182 Å². The van der Waals surface area contributed by atoms with Crippen LogP contribution in [0.15, 0.2) is 66.9 Å². The molecule has 1 N–H and O–H groups in total. The maximum Gasteiger partial charge on any atom is 0.344 e. The van der Waals surface area contributed by atoms with E-state index in [0.29, 0.717) is 23.6 Å². The summed E-state index contributed by atoms with van der Waals surface area (Å²) in [5.41, 5.74) is 4.45. The minimum Gasteiger partial charge on any atom is -0.479 e. The van der Waals surface area contributed by atoms with Gasteiger partial charge in [-0.3, -0.25) is 4.79 Å². The number of carboxylic acid groups (broad SMARTS) is 1. The topological polar surface area (TPSA) is 68.5 Å². The first-order chi connectivity index (χ1) is 14.9. The van der Waals surface area contributed by atoms with E-state index in [1.54, 1.807) is 12.1 Å². The fraction of sp³-hybridized carbons (Fsp3) is 0.231. The highest BCUT2D eigenvalue weighted by molar-refractivity contribution is 6.08. The van der Waals surface area contributed by atoms with Crippen LogP contribution in [-0.4, -0.2) is 27.5 Å². The van der Waals surface area contributed by atoms with Crippen molar-refractivity contribution in [1.82, 2.24) is 4.57 Å². The Morgan fingerprint density at radius 2 is 1.87 bits per heavy atom. The van der Waals surface area contributed by atoms with Gasteiger partial charge in [0.1, 0.15) is 5.75 Å². The number of aryl methyl sites for hydroxylation is 2. The number of ether oxygens (including phenoxy) is 1. The highest BCUT2D eigenvalue weighted by atomic mass is 16.5. The van der Waals surface area contributed by atoms with Crippen molar-refractivity contribution in [3.05, 3.63) is 94.8 Å². The Kier molecular flexibility index (Phi) is 7.08. The molecule has 0 radical (unpaired) electrons. The molecule has 1 aromatic heterocycles. The van der Waals surface area contributed by atoms with Crippen LogP contribution in [0.5, 0.6) is 5.75 Å². The zero-order valence-electron chi connectivity index (χ0n) is 18.0. The summed E-state index contributed by atoms with van der Waals surface area (Å²) in [6.07, 6.45) is 5.89. The lowest BCUT2D eigenvalue weighted by molar-refractivity contribution is -0.144. The fourth-order valence-electron chi connectivity index (χ4n) is 3.29. The van der Waals surface area contributed by atoms with Crippen LogP contribution in [-0.2, 0) is 17.8 Å². The second-order valence-corrected chi connectivity index (χ2v) is 7.51. The third-order valence-electron chi connectivity index (χ3n) is 5.02. The first kappa shape index (κ1) is 22.1. The van der Waals surface area contributed by atoms with Gasteiger partial charge < -0.3 is 14.4 Å². The number of ketones is 1. The minimum atomic E-state index is -1.01. The Morgan fingerprint density at radius 3 is 2.55 bits per heavy atom. The number of allylic oxidation sites excluding steroid dienone is 1. The van der Waals surface area contributed by atoms with Gasteiger partial charge in [-0.05, 0) is 55.2 Å². The van der Waals surface area contributed by atoms with Crippen molar-refractivity contribution in [2.75, 3.05) is 0 Å². The Bertz CT molecular complexity index is 1090. The second-order valence-electron chi connectivity index (χ2n) is 7.51. The number of aromatic nitrogens is 1. The number of carboxylic acids is 1. The standard InChI is InChI=1S/C26H27NO4/c1-4-20-10-12-22(13-11-20)25(28)24-15-18(2)17-27(24)14-6-8-21-7-5-9-23(16-21)31-19(3)26(29)30/h5-13,15-17,19H,4,14H2,1-3H3,(H,29,30)/b8-6+/t19-/m0/s1. The molecule has 3 aromatic rings. The lowest BCUT2D eigenvalue weighted by Gasteiger charge is -2.10. The molecule has 0 aliphatic heterocycles. The third kappa shape index (κ3) is 5.72. The molecule has 0 saturated heterocycles. The maximum absolute atomic E-state index is 13.0. The van der Waals surface area contributed by atoms with Gasteiger partial charge in [0.05, 0.1) is 5.69 Å². The van der Waals surface area contributed by atoms with Crippen molar-refractivity contribution in [3.63, 3.8) is 0 Å². The van der Waals surface area contributed by atoms with Crippen molar-refractivity contribution >= 4 is 17.8 Å². The Morgan fingerprint density at radius 1 is 1.13 bits per heavy atom. The van der Waals surface area contributed by atoms with Gasteiger partial charge in [-0.1, -0.05) is 55.5 Å². The summed E-state index contributed by atoms with van der Waals surface area (Å²) in [6, 6.07) is 16.9. The van der Waals surface area contributed by atoms with E-state index < -0.39 is 12.1 Å². The molecule has 0 aliphatic rings. The number of hydrogen-bond acceptors (Lipinski definition) is 3. The molecule has 1 atom stereocenters. The highest BCUT2D eigenvalue weighted by Crippen LogP contribution is 2.18. The predicted molar refractivity (Wildman–Crippen MR) is 122 cm³/mol. The Balaban J connectivity index is 1.73. The fourth-order valence-corrected chi connectivity index (χ4v) is 3.29. The molecule has 3 rings (SSSR count). The largest absolute Gasteiger partial charge is 0.479 e. The monoisotopic (exact) mass is 417 g/mol. The SMILES string of the molecule is CCc1ccc(C(=O)c2cc(C)cn2C/C=C/c2cccc(O[C@@H](C)C(=O)O)c2)cc1. The predicted octanol–water partition coefficient (Wildman–Crippen LogP) is 5.16. The average Bonchev–Trinajstić information content (AvgIpc) is 3.14. The van der Waals surface area contributed by atoms with E-state index in [4.69, 9.17) is 9.84 Å². The molecule has 0 unspecified atom stereocenters. The highest BCUT2D eigenvalue weighted by Gasteiger charge is 2.14. The lowest BCUT2D eigenvalue weighted by atomic mass is 10.0. The van der Waals surface area contributed by atoms with E-state index in [1.807, 2.05) is 72.3 Å². The number of carbonyl (C=O) groups is 2. The van der Waals surface area contributed by atoms with Crippen LogP contribution in [0, 0.1) is 6.92 Å². The summed E-state index contributed by atoms with van der Waals surface area (Å²) >= 11 is 0. The van der Waals surface area contributed by atoms with Gasteiger partial charge in [0.15, 0.2) is 6.10 Å². The van der Waals surface area contributed by atoms with Crippen LogP contribution in [0.1, 0.15) is 46.6 Å². The molecule has 2 aromatic carbocycles. The number of carbonyl (C=O) groups excluding carboxylic acids is 1. The minimum absolute atomic E-state index is 0.00205. The molecule has 1 heterocycles. The number of rotatable bonds is 9. The molecule has 5 nitrogen and oxygen atoms in total. The average molecular weight is 418 g/mol. The molecular formula is C26H27NO4. The summed E-state index contributed by atoms with van der Waals surface area (Å²) in [5, 5.41) is 8.99. The number of benzene rings is 2. The van der Waals surface area contributed by atoms with Crippen molar-refractivity contribution in [2.45, 2.75) is 39.8 Å². The summed E-state index contributed by atoms with van der Waals surface area (Å²) in [5.74, 6) is -0.507. The van der Waals surface area contributed by atoms with Crippen LogP contribution in [0.2, 0.25) is 0 Å². The second kappa shape index (κ2) is 9.94. The number of aliphatic carboxylic acids is 1. The van der Waals surface area contributed by atoms with Crippen LogP contribution in [0.25, 0.3) is 6.08 Å². The zero-order valence-corrected chi connectivity index (χ0v) is 18.0. The van der Waals surface area contributed by atoms with Crippen LogP contribution in [0.4, 0.5) is 0 Å². The maximum atomic E-state index is 13.0. The summed E-state index contributed by atoms with van der Waals surface area (Å²) in [6.45, 7) is 6.10. The first-order valence-electron chi connectivity index (χ1n) is 10.3. The molecule has 0 aliphatic carbocycles. The quantitative estimate of drug-likeness (QED) is 0.489. The van der Waals surface area contributed by atoms with E-state index >= 15 is 0 Å². The third-order valence-corrected chi connectivity index (χ3v) is 5.02. The molecule has 5 heteroatoms. The van der Waals surface area contributed by atoms with Gasteiger partial charge in [0.2, 0.25) is 5.78 Å². The smallest absolute Gasteiger partial charge is 0.344 e. The van der Waals surface area contributed by atoms with Crippen molar-refractivity contribution in [2.24, 2.45) is 0 Å². The molecular weight excluding hydrogens is 390 g/mol. The van der Waals surface area contributed by atoms with Crippen molar-refractivity contribution < 1.29 is 19.4 Å². The summed E-state index contributed by atoms with van der Waals surface area (Å²) in [7, 11) is 0. The molecule has 0 saturated carbocycles. The first-order valence-corrected chi connectivity index (χ1v) is 10.3. The molecule has 0 spiro atoms.